The number of rotatable bonds is 8. The van der Waals surface area contributed by atoms with Crippen molar-refractivity contribution in [1.82, 2.24) is 4.98 Å². The van der Waals surface area contributed by atoms with Crippen LogP contribution < -0.4 is 5.73 Å². The average molecular weight is 308 g/mol. The Morgan fingerprint density at radius 2 is 2.33 bits per heavy atom. The fraction of sp³-hybridized carbons (Fsp3) is 0.625. The van der Waals surface area contributed by atoms with Gasteiger partial charge in [-0.25, -0.2) is 0 Å². The Kier molecular flexibility index (Phi) is 5.65. The van der Waals surface area contributed by atoms with E-state index in [1.807, 2.05) is 24.0 Å². The Morgan fingerprint density at radius 3 is 2.86 bits per heavy atom. The van der Waals surface area contributed by atoms with Crippen molar-refractivity contribution in [3.8, 4) is 0 Å². The van der Waals surface area contributed by atoms with Crippen molar-refractivity contribution in [2.45, 2.75) is 43.9 Å². The standard InChI is InChI=1S/C16H24N2O2S/c1-3-13(17)15(12-5-4-8-18-10-12)21-11-16(6-7-16)9-14(19)20-2/h4-5,8,10,13,15H,3,6-7,9,11,17H2,1-2H3. The Balaban J connectivity index is 1.99. The topological polar surface area (TPSA) is 65.2 Å². The van der Waals surface area contributed by atoms with Crippen LogP contribution in [0.2, 0.25) is 0 Å². The van der Waals surface area contributed by atoms with Gasteiger partial charge in [0.15, 0.2) is 0 Å². The normalized spacial score (nSPS) is 18.8. The second-order valence-corrected chi connectivity index (χ2v) is 6.97. The Morgan fingerprint density at radius 1 is 1.57 bits per heavy atom. The predicted molar refractivity (Wildman–Crippen MR) is 86.0 cm³/mol. The van der Waals surface area contributed by atoms with E-state index in [0.29, 0.717) is 6.42 Å². The minimum absolute atomic E-state index is 0.105. The summed E-state index contributed by atoms with van der Waals surface area (Å²) in [6.45, 7) is 2.11. The van der Waals surface area contributed by atoms with Gasteiger partial charge in [-0.3, -0.25) is 9.78 Å². The summed E-state index contributed by atoms with van der Waals surface area (Å²) in [6.07, 6.45) is 7.34. The smallest absolute Gasteiger partial charge is 0.306 e. The summed E-state index contributed by atoms with van der Waals surface area (Å²) in [6, 6.07) is 4.14. The van der Waals surface area contributed by atoms with Crippen molar-refractivity contribution in [2.75, 3.05) is 12.9 Å². The van der Waals surface area contributed by atoms with Crippen molar-refractivity contribution in [3.05, 3.63) is 30.1 Å². The number of esters is 1. The van der Waals surface area contributed by atoms with E-state index >= 15 is 0 Å². The van der Waals surface area contributed by atoms with Gasteiger partial charge in [0, 0.05) is 29.4 Å². The van der Waals surface area contributed by atoms with E-state index in [2.05, 4.69) is 18.0 Å². The third kappa shape index (κ3) is 4.45. The summed E-state index contributed by atoms with van der Waals surface area (Å²) in [5, 5.41) is 0.235. The van der Waals surface area contributed by atoms with Crippen LogP contribution in [0.5, 0.6) is 0 Å². The SMILES string of the molecule is CCC(N)C(SCC1(CC(=O)OC)CC1)c1cccnc1. The number of ether oxygens (including phenoxy) is 1. The van der Waals surface area contributed by atoms with Crippen LogP contribution >= 0.6 is 11.8 Å². The molecule has 116 valence electrons. The van der Waals surface area contributed by atoms with Gasteiger partial charge in [-0.2, -0.15) is 11.8 Å². The van der Waals surface area contributed by atoms with Crippen LogP contribution in [0.1, 0.15) is 43.4 Å². The maximum atomic E-state index is 11.5. The number of thioether (sulfide) groups is 1. The predicted octanol–water partition coefficient (Wildman–Crippen LogP) is 2.94. The molecule has 2 rings (SSSR count). The minimum atomic E-state index is -0.106. The van der Waals surface area contributed by atoms with Crippen LogP contribution in [0.15, 0.2) is 24.5 Å². The van der Waals surface area contributed by atoms with Crippen LogP contribution in [-0.2, 0) is 9.53 Å². The molecule has 4 nitrogen and oxygen atoms in total. The van der Waals surface area contributed by atoms with Gasteiger partial charge in [0.05, 0.1) is 13.5 Å². The molecule has 1 aromatic heterocycles. The highest BCUT2D eigenvalue weighted by atomic mass is 32.2. The molecule has 0 spiro atoms. The molecule has 2 unspecified atom stereocenters. The molecule has 21 heavy (non-hydrogen) atoms. The summed E-state index contributed by atoms with van der Waals surface area (Å²) in [4.78, 5) is 15.7. The molecule has 0 aliphatic heterocycles. The van der Waals surface area contributed by atoms with Crippen molar-refractivity contribution >= 4 is 17.7 Å². The molecule has 2 N–H and O–H groups in total. The fourth-order valence-electron chi connectivity index (χ4n) is 2.42. The molecule has 0 bridgehead atoms. The van der Waals surface area contributed by atoms with Crippen LogP contribution in [0.3, 0.4) is 0 Å². The second kappa shape index (κ2) is 7.27. The molecule has 1 aromatic rings. The minimum Gasteiger partial charge on any atom is -0.469 e. The van der Waals surface area contributed by atoms with Gasteiger partial charge in [0.1, 0.15) is 0 Å². The molecule has 5 heteroatoms. The number of hydrogen-bond donors (Lipinski definition) is 1. The molecular formula is C16H24N2O2S. The van der Waals surface area contributed by atoms with Gasteiger partial charge < -0.3 is 10.5 Å². The Bertz CT molecular complexity index is 463. The third-order valence-corrected chi connectivity index (χ3v) is 5.91. The van der Waals surface area contributed by atoms with E-state index < -0.39 is 0 Å². The maximum absolute atomic E-state index is 11.5. The summed E-state index contributed by atoms with van der Waals surface area (Å²) in [5.41, 5.74) is 7.59. The fourth-order valence-corrected chi connectivity index (χ4v) is 4.11. The lowest BCUT2D eigenvalue weighted by Crippen LogP contribution is -2.27. The van der Waals surface area contributed by atoms with E-state index in [-0.39, 0.29) is 22.7 Å². The zero-order valence-corrected chi connectivity index (χ0v) is 13.6. The first-order valence-electron chi connectivity index (χ1n) is 7.44. The largest absolute Gasteiger partial charge is 0.469 e. The molecule has 1 fully saturated rings. The molecule has 1 saturated carbocycles. The number of aromatic nitrogens is 1. The quantitative estimate of drug-likeness (QED) is 0.748. The first-order valence-corrected chi connectivity index (χ1v) is 8.49. The molecule has 0 aromatic carbocycles. The maximum Gasteiger partial charge on any atom is 0.306 e. The van der Waals surface area contributed by atoms with Crippen LogP contribution in [0.25, 0.3) is 0 Å². The molecule has 0 amide bonds. The lowest BCUT2D eigenvalue weighted by molar-refractivity contribution is -0.141. The van der Waals surface area contributed by atoms with Crippen LogP contribution in [-0.4, -0.2) is 29.9 Å². The third-order valence-electron chi connectivity index (χ3n) is 4.15. The van der Waals surface area contributed by atoms with Crippen molar-refractivity contribution < 1.29 is 9.53 Å². The van der Waals surface area contributed by atoms with Crippen molar-refractivity contribution in [3.63, 3.8) is 0 Å². The molecule has 2 atom stereocenters. The first kappa shape index (κ1) is 16.3. The highest BCUT2D eigenvalue weighted by Gasteiger charge is 2.45. The molecule has 1 aliphatic carbocycles. The van der Waals surface area contributed by atoms with Crippen molar-refractivity contribution in [1.29, 1.82) is 0 Å². The van der Waals surface area contributed by atoms with Gasteiger partial charge in [0.25, 0.3) is 0 Å². The van der Waals surface area contributed by atoms with Gasteiger partial charge in [-0.15, -0.1) is 0 Å². The number of methoxy groups -OCH3 is 1. The van der Waals surface area contributed by atoms with Crippen molar-refractivity contribution in [2.24, 2.45) is 11.1 Å². The molecule has 1 heterocycles. The first-order chi connectivity index (χ1) is 10.1. The van der Waals surface area contributed by atoms with Gasteiger partial charge in [-0.05, 0) is 36.3 Å². The molecule has 0 radical (unpaired) electrons. The summed E-state index contributed by atoms with van der Waals surface area (Å²) >= 11 is 1.86. The lowest BCUT2D eigenvalue weighted by atomic mass is 10.1. The van der Waals surface area contributed by atoms with E-state index in [1.54, 1.807) is 6.20 Å². The number of carbonyl (C=O) groups is 1. The molecule has 0 saturated heterocycles. The van der Waals surface area contributed by atoms with Gasteiger partial charge in [0.2, 0.25) is 0 Å². The summed E-state index contributed by atoms with van der Waals surface area (Å²) in [5.74, 6) is 0.848. The zero-order valence-electron chi connectivity index (χ0n) is 12.7. The highest BCUT2D eigenvalue weighted by molar-refractivity contribution is 7.99. The molecular weight excluding hydrogens is 284 g/mol. The highest BCUT2D eigenvalue weighted by Crippen LogP contribution is 2.53. The Labute approximate surface area is 130 Å². The van der Waals surface area contributed by atoms with E-state index in [0.717, 1.165) is 25.0 Å². The summed E-state index contributed by atoms with van der Waals surface area (Å²) < 4.78 is 4.80. The Hall–Kier alpha value is -1.07. The monoisotopic (exact) mass is 308 g/mol. The zero-order chi connectivity index (χ0) is 15.3. The van der Waals surface area contributed by atoms with Gasteiger partial charge in [-0.1, -0.05) is 13.0 Å². The number of pyridine rings is 1. The van der Waals surface area contributed by atoms with Crippen LogP contribution in [0, 0.1) is 5.41 Å². The lowest BCUT2D eigenvalue weighted by Gasteiger charge is -2.25. The summed E-state index contributed by atoms with van der Waals surface area (Å²) in [7, 11) is 1.46. The number of hydrogen-bond acceptors (Lipinski definition) is 5. The van der Waals surface area contributed by atoms with Crippen LogP contribution in [0.4, 0.5) is 0 Å². The van der Waals surface area contributed by atoms with E-state index in [1.165, 1.54) is 12.7 Å². The molecule has 1 aliphatic rings. The number of nitrogens with zero attached hydrogens (tertiary/aromatic N) is 1. The number of nitrogens with two attached hydrogens (primary N) is 1. The average Bonchev–Trinajstić information content (AvgIpc) is 3.27. The van der Waals surface area contributed by atoms with E-state index in [9.17, 15) is 4.79 Å². The van der Waals surface area contributed by atoms with E-state index in [4.69, 9.17) is 10.5 Å². The second-order valence-electron chi connectivity index (χ2n) is 5.84. The van der Waals surface area contributed by atoms with Gasteiger partial charge >= 0.3 is 5.97 Å². The number of carbonyl (C=O) groups excluding carboxylic acids is 1.